The zero-order valence-electron chi connectivity index (χ0n) is 9.58. The largest absolute Gasteiger partial charge is 0.325 e. The van der Waals surface area contributed by atoms with Crippen LogP contribution in [0.5, 0.6) is 0 Å². The second kappa shape index (κ2) is 6.32. The number of terminal acetylenes is 1. The molecule has 1 aromatic rings. The summed E-state index contributed by atoms with van der Waals surface area (Å²) in [6.07, 6.45) is 5.05. The van der Waals surface area contributed by atoms with Gasteiger partial charge in [0.15, 0.2) is 0 Å². The molecule has 0 aromatic heterocycles. The quantitative estimate of drug-likeness (QED) is 0.596. The normalized spacial score (nSPS) is 9.12. The van der Waals surface area contributed by atoms with Crippen molar-refractivity contribution >= 4 is 11.6 Å². The van der Waals surface area contributed by atoms with Crippen molar-refractivity contribution in [3.05, 3.63) is 29.3 Å². The van der Waals surface area contributed by atoms with Gasteiger partial charge in [0, 0.05) is 5.69 Å². The van der Waals surface area contributed by atoms with Crippen LogP contribution in [-0.2, 0) is 4.79 Å². The summed E-state index contributed by atoms with van der Waals surface area (Å²) in [7, 11) is 0. The van der Waals surface area contributed by atoms with Crippen molar-refractivity contribution in [3.63, 3.8) is 0 Å². The van der Waals surface area contributed by atoms with E-state index < -0.39 is 0 Å². The monoisotopic (exact) mass is 227 g/mol. The van der Waals surface area contributed by atoms with Gasteiger partial charge in [-0.1, -0.05) is 12.0 Å². The highest BCUT2D eigenvalue weighted by Crippen LogP contribution is 2.16. The molecule has 0 unspecified atom stereocenters. The standard InChI is InChI=1S/C13H13N3O/c1-3-6-15-9-13(17)16-12-7-11(8-14)5-4-10(12)2/h1,4-5,7,15H,6,9H2,2H3,(H,16,17). The van der Waals surface area contributed by atoms with E-state index in [1.54, 1.807) is 18.2 Å². The summed E-state index contributed by atoms with van der Waals surface area (Å²) in [5.41, 5.74) is 2.08. The van der Waals surface area contributed by atoms with Crippen LogP contribution in [-0.4, -0.2) is 19.0 Å². The Morgan fingerprint density at radius 3 is 2.94 bits per heavy atom. The highest BCUT2D eigenvalue weighted by atomic mass is 16.1. The molecule has 0 aliphatic rings. The Labute approximate surface area is 101 Å². The van der Waals surface area contributed by atoms with Gasteiger partial charge >= 0.3 is 0 Å². The molecular weight excluding hydrogens is 214 g/mol. The molecule has 17 heavy (non-hydrogen) atoms. The number of nitrogens with zero attached hydrogens (tertiary/aromatic N) is 1. The SMILES string of the molecule is C#CCNCC(=O)Nc1cc(C#N)ccc1C. The van der Waals surface area contributed by atoms with Gasteiger partial charge in [0.2, 0.25) is 5.91 Å². The van der Waals surface area contributed by atoms with Gasteiger partial charge in [0.1, 0.15) is 0 Å². The Balaban J connectivity index is 2.65. The van der Waals surface area contributed by atoms with E-state index in [-0.39, 0.29) is 12.5 Å². The summed E-state index contributed by atoms with van der Waals surface area (Å²) in [4.78, 5) is 11.5. The lowest BCUT2D eigenvalue weighted by Crippen LogP contribution is -2.28. The molecule has 0 aliphatic heterocycles. The molecule has 1 rings (SSSR count). The molecule has 0 bridgehead atoms. The first-order valence-electron chi connectivity index (χ1n) is 5.12. The van der Waals surface area contributed by atoms with Gasteiger partial charge in [-0.2, -0.15) is 5.26 Å². The number of hydrogen-bond acceptors (Lipinski definition) is 3. The van der Waals surface area contributed by atoms with E-state index >= 15 is 0 Å². The van der Waals surface area contributed by atoms with Crippen molar-refractivity contribution in [1.82, 2.24) is 5.32 Å². The van der Waals surface area contributed by atoms with Gasteiger partial charge in [0.25, 0.3) is 0 Å². The fourth-order valence-electron chi connectivity index (χ4n) is 1.27. The average Bonchev–Trinajstić information content (AvgIpc) is 2.32. The molecule has 0 saturated heterocycles. The second-order valence-corrected chi connectivity index (χ2v) is 3.50. The van der Waals surface area contributed by atoms with E-state index in [1.807, 2.05) is 13.0 Å². The Morgan fingerprint density at radius 1 is 1.53 bits per heavy atom. The summed E-state index contributed by atoms with van der Waals surface area (Å²) in [6.45, 7) is 2.37. The predicted molar refractivity (Wildman–Crippen MR) is 66.2 cm³/mol. The minimum atomic E-state index is -0.182. The van der Waals surface area contributed by atoms with Crippen molar-refractivity contribution in [2.45, 2.75) is 6.92 Å². The number of carbonyl (C=O) groups is 1. The lowest BCUT2D eigenvalue weighted by atomic mass is 10.1. The first-order chi connectivity index (χ1) is 8.17. The van der Waals surface area contributed by atoms with Gasteiger partial charge in [-0.25, -0.2) is 0 Å². The van der Waals surface area contributed by atoms with Crippen LogP contribution in [0.2, 0.25) is 0 Å². The number of hydrogen-bond donors (Lipinski definition) is 2. The third-order valence-electron chi connectivity index (χ3n) is 2.15. The third-order valence-corrected chi connectivity index (χ3v) is 2.15. The fraction of sp³-hybridized carbons (Fsp3) is 0.231. The molecule has 0 radical (unpaired) electrons. The number of nitrogens with one attached hydrogen (secondary N) is 2. The molecule has 0 heterocycles. The summed E-state index contributed by atoms with van der Waals surface area (Å²) in [5.74, 6) is 2.20. The van der Waals surface area contributed by atoms with Crippen molar-refractivity contribution in [3.8, 4) is 18.4 Å². The zero-order chi connectivity index (χ0) is 12.7. The fourth-order valence-corrected chi connectivity index (χ4v) is 1.27. The molecule has 86 valence electrons. The second-order valence-electron chi connectivity index (χ2n) is 3.50. The molecule has 0 aliphatic carbocycles. The Bertz CT molecular complexity index is 494. The van der Waals surface area contributed by atoms with Crippen LogP contribution in [0.25, 0.3) is 0 Å². The number of nitriles is 1. The molecule has 4 nitrogen and oxygen atoms in total. The van der Waals surface area contributed by atoms with Gasteiger partial charge in [-0.15, -0.1) is 6.42 Å². The molecule has 0 fully saturated rings. The van der Waals surface area contributed by atoms with Crippen LogP contribution >= 0.6 is 0 Å². The van der Waals surface area contributed by atoms with E-state index in [9.17, 15) is 4.79 Å². The van der Waals surface area contributed by atoms with Crippen LogP contribution in [0.15, 0.2) is 18.2 Å². The smallest absolute Gasteiger partial charge is 0.238 e. The van der Waals surface area contributed by atoms with E-state index in [4.69, 9.17) is 11.7 Å². The summed E-state index contributed by atoms with van der Waals surface area (Å²) < 4.78 is 0. The summed E-state index contributed by atoms with van der Waals surface area (Å²) in [6, 6.07) is 7.18. The summed E-state index contributed by atoms with van der Waals surface area (Å²) >= 11 is 0. The van der Waals surface area contributed by atoms with E-state index in [0.29, 0.717) is 17.8 Å². The minimum Gasteiger partial charge on any atom is -0.325 e. The number of rotatable bonds is 4. The average molecular weight is 227 g/mol. The number of anilines is 1. The minimum absolute atomic E-state index is 0.153. The predicted octanol–water partition coefficient (Wildman–Crippen LogP) is 1.03. The van der Waals surface area contributed by atoms with Crippen LogP contribution in [0.4, 0.5) is 5.69 Å². The van der Waals surface area contributed by atoms with Crippen molar-refractivity contribution in [1.29, 1.82) is 5.26 Å². The molecule has 1 aromatic carbocycles. The van der Waals surface area contributed by atoms with E-state index in [0.717, 1.165) is 5.56 Å². The Morgan fingerprint density at radius 2 is 2.29 bits per heavy atom. The maximum absolute atomic E-state index is 11.5. The van der Waals surface area contributed by atoms with Gasteiger partial charge in [-0.05, 0) is 24.6 Å². The van der Waals surface area contributed by atoms with Crippen LogP contribution in [0.3, 0.4) is 0 Å². The molecule has 4 heteroatoms. The Kier molecular flexibility index (Phi) is 4.75. The Hall–Kier alpha value is -2.30. The molecule has 0 spiro atoms. The molecular formula is C13H13N3O. The number of amides is 1. The zero-order valence-corrected chi connectivity index (χ0v) is 9.58. The van der Waals surface area contributed by atoms with Crippen LogP contribution < -0.4 is 10.6 Å². The van der Waals surface area contributed by atoms with Crippen molar-refractivity contribution in [2.75, 3.05) is 18.4 Å². The topological polar surface area (TPSA) is 64.9 Å². The number of benzene rings is 1. The maximum atomic E-state index is 11.5. The first-order valence-corrected chi connectivity index (χ1v) is 5.12. The first kappa shape index (κ1) is 12.8. The van der Waals surface area contributed by atoms with E-state index in [2.05, 4.69) is 16.6 Å². The van der Waals surface area contributed by atoms with Gasteiger partial charge in [-0.3, -0.25) is 10.1 Å². The van der Waals surface area contributed by atoms with Crippen molar-refractivity contribution < 1.29 is 4.79 Å². The molecule has 0 saturated carbocycles. The number of carbonyl (C=O) groups excluding carboxylic acids is 1. The maximum Gasteiger partial charge on any atom is 0.238 e. The molecule has 1 amide bonds. The lowest BCUT2D eigenvalue weighted by molar-refractivity contribution is -0.115. The number of aryl methyl sites for hydroxylation is 1. The van der Waals surface area contributed by atoms with Crippen LogP contribution in [0.1, 0.15) is 11.1 Å². The molecule has 0 atom stereocenters. The summed E-state index contributed by atoms with van der Waals surface area (Å²) in [5, 5.41) is 14.3. The van der Waals surface area contributed by atoms with Gasteiger partial charge < -0.3 is 5.32 Å². The third kappa shape index (κ3) is 3.98. The van der Waals surface area contributed by atoms with Crippen molar-refractivity contribution in [2.24, 2.45) is 0 Å². The highest BCUT2D eigenvalue weighted by molar-refractivity contribution is 5.93. The molecule has 2 N–H and O–H groups in total. The van der Waals surface area contributed by atoms with Crippen LogP contribution in [0, 0.1) is 30.6 Å². The lowest BCUT2D eigenvalue weighted by Gasteiger charge is -2.08. The highest BCUT2D eigenvalue weighted by Gasteiger charge is 2.04. The van der Waals surface area contributed by atoms with Gasteiger partial charge in [0.05, 0.1) is 24.7 Å². The van der Waals surface area contributed by atoms with E-state index in [1.165, 1.54) is 0 Å².